The number of aliphatic hydroxyl groups is 1. The molecule has 0 unspecified atom stereocenters. The van der Waals surface area contributed by atoms with Crippen molar-refractivity contribution in [2.45, 2.75) is 0 Å². The fraction of sp³-hybridized carbons (Fsp3) is 0. The summed E-state index contributed by atoms with van der Waals surface area (Å²) >= 11 is 0. The van der Waals surface area contributed by atoms with Crippen molar-refractivity contribution < 1.29 is 9.90 Å². The second kappa shape index (κ2) is 8.88. The summed E-state index contributed by atoms with van der Waals surface area (Å²) in [4.78, 5) is 17.5. The van der Waals surface area contributed by atoms with Crippen molar-refractivity contribution in [1.82, 2.24) is 0 Å². The highest BCUT2D eigenvalue weighted by Gasteiger charge is 2.16. The summed E-state index contributed by atoms with van der Waals surface area (Å²) in [6.45, 7) is 0. The fourth-order valence-electron chi connectivity index (χ4n) is 3.16. The Morgan fingerprint density at radius 2 is 1.40 bits per heavy atom. The molecule has 0 atom stereocenters. The van der Waals surface area contributed by atoms with Crippen molar-refractivity contribution in [3.63, 3.8) is 0 Å². The van der Waals surface area contributed by atoms with Crippen LogP contribution in [0.2, 0.25) is 0 Å². The molecular formula is C26H20N2O2. The van der Waals surface area contributed by atoms with Gasteiger partial charge in [-0.2, -0.15) is 0 Å². The van der Waals surface area contributed by atoms with Gasteiger partial charge in [-0.05, 0) is 23.6 Å². The van der Waals surface area contributed by atoms with E-state index in [2.05, 4.69) is 10.3 Å². The summed E-state index contributed by atoms with van der Waals surface area (Å²) < 4.78 is 0. The minimum absolute atomic E-state index is 0.0815. The monoisotopic (exact) mass is 392 g/mol. The Balaban J connectivity index is 1.73. The van der Waals surface area contributed by atoms with E-state index < -0.39 is 5.91 Å². The lowest BCUT2D eigenvalue weighted by Crippen LogP contribution is -2.17. The minimum Gasteiger partial charge on any atom is -0.506 e. The summed E-state index contributed by atoms with van der Waals surface area (Å²) in [5, 5.41) is 15.7. The fourth-order valence-corrected chi connectivity index (χ4v) is 3.16. The summed E-state index contributed by atoms with van der Waals surface area (Å²) in [5.74, 6) is -0.569. The highest BCUT2D eigenvalue weighted by Crippen LogP contribution is 2.24. The van der Waals surface area contributed by atoms with Crippen LogP contribution >= 0.6 is 0 Å². The number of carbonyl (C=O) groups excluding carboxylic acids is 1. The van der Waals surface area contributed by atoms with Crippen molar-refractivity contribution in [2.75, 3.05) is 5.32 Å². The molecule has 0 aliphatic carbocycles. The smallest absolute Gasteiger partial charge is 0.261 e. The lowest BCUT2D eigenvalue weighted by molar-refractivity contribution is -0.112. The molecule has 4 aromatic carbocycles. The lowest BCUT2D eigenvalue weighted by Gasteiger charge is -2.11. The highest BCUT2D eigenvalue weighted by molar-refractivity contribution is 6.23. The van der Waals surface area contributed by atoms with E-state index in [1.54, 1.807) is 24.3 Å². The number of anilines is 1. The van der Waals surface area contributed by atoms with E-state index >= 15 is 0 Å². The molecule has 146 valence electrons. The number of aliphatic imine (C=N–C) groups is 1. The van der Waals surface area contributed by atoms with Gasteiger partial charge in [0.2, 0.25) is 0 Å². The Bertz CT molecular complexity index is 1220. The van der Waals surface area contributed by atoms with Gasteiger partial charge in [0.15, 0.2) is 0 Å². The van der Waals surface area contributed by atoms with E-state index in [1.165, 1.54) is 6.21 Å². The van der Waals surface area contributed by atoms with Crippen molar-refractivity contribution in [1.29, 1.82) is 0 Å². The minimum atomic E-state index is -0.438. The first-order valence-corrected chi connectivity index (χ1v) is 9.59. The van der Waals surface area contributed by atoms with Crippen LogP contribution in [0.5, 0.6) is 0 Å². The number of hydrogen-bond acceptors (Lipinski definition) is 3. The second-order valence-corrected chi connectivity index (χ2v) is 6.70. The van der Waals surface area contributed by atoms with Gasteiger partial charge in [-0.3, -0.25) is 9.79 Å². The molecule has 0 bridgehead atoms. The molecule has 1 amide bonds. The first-order valence-electron chi connectivity index (χ1n) is 9.59. The molecule has 30 heavy (non-hydrogen) atoms. The van der Waals surface area contributed by atoms with Crippen LogP contribution < -0.4 is 5.32 Å². The molecule has 4 aromatic rings. The molecule has 2 N–H and O–H groups in total. The number of benzene rings is 4. The predicted molar refractivity (Wildman–Crippen MR) is 123 cm³/mol. The third kappa shape index (κ3) is 4.28. The van der Waals surface area contributed by atoms with Crippen molar-refractivity contribution >= 4 is 40.0 Å². The number of hydrogen-bond donors (Lipinski definition) is 2. The Hall–Kier alpha value is -4.18. The van der Waals surface area contributed by atoms with E-state index in [0.717, 1.165) is 10.8 Å². The number of para-hydroxylation sites is 1. The molecule has 0 radical (unpaired) electrons. The normalized spacial score (nSPS) is 12.0. The molecule has 0 heterocycles. The number of fused-ring (bicyclic) bond motifs is 1. The number of aliphatic hydroxyl groups excluding tert-OH is 1. The number of amides is 1. The molecule has 0 spiro atoms. The first kappa shape index (κ1) is 19.2. The van der Waals surface area contributed by atoms with Crippen LogP contribution in [0.1, 0.15) is 5.56 Å². The first-order chi connectivity index (χ1) is 14.7. The van der Waals surface area contributed by atoms with Gasteiger partial charge in [-0.1, -0.05) is 84.9 Å². The van der Waals surface area contributed by atoms with Gasteiger partial charge in [-0.15, -0.1) is 0 Å². The maximum Gasteiger partial charge on any atom is 0.261 e. The van der Waals surface area contributed by atoms with Gasteiger partial charge in [0.05, 0.1) is 5.69 Å². The van der Waals surface area contributed by atoms with Gasteiger partial charge in [0.1, 0.15) is 11.3 Å². The SMILES string of the molecule is O=C(Nc1cccc2ccccc12)C(C=Nc1ccccc1)=C(O)c1ccccc1. The van der Waals surface area contributed by atoms with Crippen LogP contribution in [0, 0.1) is 0 Å². The molecule has 0 fully saturated rings. The van der Waals surface area contributed by atoms with Crippen LogP contribution in [0.3, 0.4) is 0 Å². The molecule has 4 nitrogen and oxygen atoms in total. The molecule has 0 aliphatic heterocycles. The molecular weight excluding hydrogens is 372 g/mol. The molecule has 0 saturated carbocycles. The zero-order valence-electron chi connectivity index (χ0n) is 16.2. The Labute approximate surface area is 174 Å². The quantitative estimate of drug-likeness (QED) is 0.243. The topological polar surface area (TPSA) is 61.7 Å². The average molecular weight is 392 g/mol. The van der Waals surface area contributed by atoms with E-state index in [-0.39, 0.29) is 11.3 Å². The van der Waals surface area contributed by atoms with E-state index in [4.69, 9.17) is 0 Å². The molecule has 4 rings (SSSR count). The van der Waals surface area contributed by atoms with Crippen molar-refractivity contribution in [3.8, 4) is 0 Å². The summed E-state index contributed by atoms with van der Waals surface area (Å²) in [5.41, 5.74) is 1.98. The van der Waals surface area contributed by atoms with Gasteiger partial charge in [0.25, 0.3) is 5.91 Å². The highest BCUT2D eigenvalue weighted by atomic mass is 16.3. The van der Waals surface area contributed by atoms with Crippen LogP contribution in [-0.2, 0) is 4.79 Å². The largest absolute Gasteiger partial charge is 0.506 e. The van der Waals surface area contributed by atoms with E-state index in [0.29, 0.717) is 16.9 Å². The van der Waals surface area contributed by atoms with Crippen molar-refractivity contribution in [2.24, 2.45) is 4.99 Å². The van der Waals surface area contributed by atoms with E-state index in [9.17, 15) is 9.90 Å². The third-order valence-electron chi connectivity index (χ3n) is 4.68. The molecule has 0 aromatic heterocycles. The summed E-state index contributed by atoms with van der Waals surface area (Å²) in [6.07, 6.45) is 1.40. The van der Waals surface area contributed by atoms with Gasteiger partial charge in [-0.25, -0.2) is 0 Å². The number of nitrogens with one attached hydrogen (secondary N) is 1. The summed E-state index contributed by atoms with van der Waals surface area (Å²) in [7, 11) is 0. The van der Waals surface area contributed by atoms with Gasteiger partial charge < -0.3 is 10.4 Å². The van der Waals surface area contributed by atoms with Gasteiger partial charge >= 0.3 is 0 Å². The third-order valence-corrected chi connectivity index (χ3v) is 4.68. The van der Waals surface area contributed by atoms with Crippen LogP contribution in [-0.4, -0.2) is 17.2 Å². The van der Waals surface area contributed by atoms with Crippen LogP contribution in [0.15, 0.2) is 114 Å². The molecule has 0 saturated heterocycles. The second-order valence-electron chi connectivity index (χ2n) is 6.70. The number of carbonyl (C=O) groups is 1. The Morgan fingerprint density at radius 1 is 0.767 bits per heavy atom. The standard InChI is InChI=1S/C26H20N2O2/c29-25(20-11-3-1-4-12-20)23(18-27-21-14-5-2-6-15-21)26(30)28-24-17-9-13-19-10-7-8-16-22(19)24/h1-18,29H,(H,28,30). The lowest BCUT2D eigenvalue weighted by atomic mass is 10.1. The molecule has 4 heteroatoms. The Kier molecular flexibility index (Phi) is 5.67. The number of nitrogens with zero attached hydrogens (tertiary/aromatic N) is 1. The molecule has 0 aliphatic rings. The van der Waals surface area contributed by atoms with E-state index in [1.807, 2.05) is 78.9 Å². The summed E-state index contributed by atoms with van der Waals surface area (Å²) in [6, 6.07) is 31.8. The van der Waals surface area contributed by atoms with Gasteiger partial charge in [0, 0.05) is 22.9 Å². The van der Waals surface area contributed by atoms with Crippen LogP contribution in [0.4, 0.5) is 11.4 Å². The van der Waals surface area contributed by atoms with Crippen molar-refractivity contribution in [3.05, 3.63) is 114 Å². The zero-order valence-corrected chi connectivity index (χ0v) is 16.2. The number of rotatable bonds is 5. The maximum absolute atomic E-state index is 13.2. The van der Waals surface area contributed by atoms with Crippen LogP contribution in [0.25, 0.3) is 16.5 Å². The Morgan fingerprint density at radius 3 is 2.17 bits per heavy atom. The predicted octanol–water partition coefficient (Wildman–Crippen LogP) is 6.15. The zero-order chi connectivity index (χ0) is 20.8. The average Bonchev–Trinajstić information content (AvgIpc) is 2.80. The maximum atomic E-state index is 13.2.